The number of carbonyl (C=O) groups is 3. The Morgan fingerprint density at radius 2 is 1.95 bits per heavy atom. The highest BCUT2D eigenvalue weighted by Crippen LogP contribution is 2.45. The van der Waals surface area contributed by atoms with Crippen molar-refractivity contribution in [3.05, 3.63) is 57.2 Å². The van der Waals surface area contributed by atoms with Gasteiger partial charge in [0.1, 0.15) is 0 Å². The van der Waals surface area contributed by atoms with Crippen molar-refractivity contribution in [3.8, 4) is 0 Å². The standard InChI is InChI=1S/C27H32ClN3O5S/c1-5-35-25(33)19-7-6-12-30(14-19)22(32)13-21-15-37-27-29-17(4)23(26(34)36-16(2)3)24(31(21)27)18-8-10-20(28)11-9-18/h8-11,15-16,19,24H,5-7,12-14H2,1-4H3/t19-,24-/m0/s1. The number of nitrogens with zero attached hydrogens (tertiary/aromatic N) is 3. The van der Waals surface area contributed by atoms with Gasteiger partial charge in [0.25, 0.3) is 0 Å². The number of esters is 2. The molecule has 1 fully saturated rings. The predicted octanol–water partition coefficient (Wildman–Crippen LogP) is 5.06. The fourth-order valence-electron chi connectivity index (χ4n) is 4.79. The largest absolute Gasteiger partial charge is 0.466 e. The van der Waals surface area contributed by atoms with E-state index in [4.69, 9.17) is 26.1 Å². The van der Waals surface area contributed by atoms with Crippen molar-refractivity contribution < 1.29 is 23.9 Å². The Morgan fingerprint density at radius 3 is 2.62 bits per heavy atom. The number of rotatable bonds is 7. The van der Waals surface area contributed by atoms with E-state index in [-0.39, 0.29) is 30.3 Å². The molecule has 1 amide bonds. The normalized spacial score (nSPS) is 21.5. The number of amides is 1. The van der Waals surface area contributed by atoms with Gasteiger partial charge < -0.3 is 19.3 Å². The van der Waals surface area contributed by atoms with E-state index >= 15 is 0 Å². The van der Waals surface area contributed by atoms with Gasteiger partial charge in [0.2, 0.25) is 5.91 Å². The molecule has 0 radical (unpaired) electrons. The third kappa shape index (κ3) is 6.04. The Bertz CT molecular complexity index is 1160. The van der Waals surface area contributed by atoms with E-state index < -0.39 is 12.0 Å². The van der Waals surface area contributed by atoms with Crippen LogP contribution < -0.4 is 0 Å². The van der Waals surface area contributed by atoms with Crippen LogP contribution in [0.1, 0.15) is 58.6 Å². The predicted molar refractivity (Wildman–Crippen MR) is 144 cm³/mol. The first-order valence-corrected chi connectivity index (χ1v) is 13.8. The highest BCUT2D eigenvalue weighted by Gasteiger charge is 2.42. The van der Waals surface area contributed by atoms with Crippen LogP contribution in [0.5, 0.6) is 0 Å². The Labute approximate surface area is 226 Å². The minimum Gasteiger partial charge on any atom is -0.466 e. The summed E-state index contributed by atoms with van der Waals surface area (Å²) in [6, 6.07) is 6.80. The number of ether oxygens (including phenoxy) is 2. The summed E-state index contributed by atoms with van der Waals surface area (Å²) in [6.45, 7) is 8.47. The summed E-state index contributed by atoms with van der Waals surface area (Å²) in [4.78, 5) is 47.3. The Hall–Kier alpha value is -2.78. The molecular formula is C27H32ClN3O5S. The van der Waals surface area contributed by atoms with Crippen LogP contribution in [0.2, 0.25) is 5.02 Å². The zero-order valence-electron chi connectivity index (χ0n) is 21.5. The van der Waals surface area contributed by atoms with Crippen LogP contribution in [-0.2, 0) is 23.9 Å². The molecule has 0 N–H and O–H groups in total. The van der Waals surface area contributed by atoms with E-state index in [2.05, 4.69) is 0 Å². The lowest BCUT2D eigenvalue weighted by molar-refractivity contribution is -0.151. The molecule has 0 spiro atoms. The van der Waals surface area contributed by atoms with Gasteiger partial charge in [-0.2, -0.15) is 0 Å². The monoisotopic (exact) mass is 545 g/mol. The molecule has 10 heteroatoms. The molecule has 0 bridgehead atoms. The van der Waals surface area contributed by atoms with Crippen LogP contribution in [0.4, 0.5) is 0 Å². The van der Waals surface area contributed by atoms with Crippen LogP contribution in [-0.4, -0.2) is 58.6 Å². The maximum absolute atomic E-state index is 13.4. The maximum atomic E-state index is 13.4. The summed E-state index contributed by atoms with van der Waals surface area (Å²) in [5.41, 5.74) is 2.60. The number of benzene rings is 1. The summed E-state index contributed by atoms with van der Waals surface area (Å²) in [5, 5.41) is 3.20. The van der Waals surface area contributed by atoms with Gasteiger partial charge in [-0.1, -0.05) is 35.5 Å². The second kappa shape index (κ2) is 11.7. The molecule has 0 saturated carbocycles. The number of hydrogen-bond acceptors (Lipinski definition) is 8. The lowest BCUT2D eigenvalue weighted by Gasteiger charge is -2.37. The quantitative estimate of drug-likeness (QED) is 0.442. The number of allylic oxidation sites excluding steroid dienone is 1. The summed E-state index contributed by atoms with van der Waals surface area (Å²) in [5.74, 6) is -1.07. The number of aliphatic imine (C=N–C) groups is 1. The SMILES string of the molecule is CCOC(=O)[C@H]1CCCN(C(=O)CC2=CSC3=NC(C)=C(C(=O)OC(C)C)[C@H](c4ccc(Cl)cc4)N23)C1. The molecule has 0 aliphatic carbocycles. The van der Waals surface area contributed by atoms with Crippen LogP contribution in [0, 0.1) is 5.92 Å². The average Bonchev–Trinajstić information content (AvgIpc) is 3.25. The molecule has 37 heavy (non-hydrogen) atoms. The molecule has 0 unspecified atom stereocenters. The van der Waals surface area contributed by atoms with Crippen molar-refractivity contribution in [1.29, 1.82) is 0 Å². The molecule has 3 aliphatic rings. The van der Waals surface area contributed by atoms with Crippen LogP contribution in [0.25, 0.3) is 0 Å². The zero-order valence-corrected chi connectivity index (χ0v) is 23.1. The molecule has 2 atom stereocenters. The molecule has 3 aliphatic heterocycles. The molecule has 0 aromatic heterocycles. The van der Waals surface area contributed by atoms with E-state index in [9.17, 15) is 14.4 Å². The molecule has 198 valence electrons. The number of piperidine rings is 1. The Morgan fingerprint density at radius 1 is 1.22 bits per heavy atom. The second-order valence-corrected chi connectivity index (χ2v) is 10.8. The van der Waals surface area contributed by atoms with Gasteiger partial charge in [0.15, 0.2) is 5.17 Å². The number of thioether (sulfide) groups is 1. The van der Waals surface area contributed by atoms with E-state index in [1.807, 2.05) is 22.4 Å². The van der Waals surface area contributed by atoms with Gasteiger partial charge in [-0.15, -0.1) is 0 Å². The van der Waals surface area contributed by atoms with Gasteiger partial charge in [0.05, 0.1) is 42.4 Å². The average molecular weight is 546 g/mol. The molecule has 4 rings (SSSR count). The topological polar surface area (TPSA) is 88.5 Å². The van der Waals surface area contributed by atoms with E-state index in [1.165, 1.54) is 11.8 Å². The molecule has 8 nitrogen and oxygen atoms in total. The van der Waals surface area contributed by atoms with Crippen molar-refractivity contribution in [3.63, 3.8) is 0 Å². The fraction of sp³-hybridized carbons (Fsp3) is 0.481. The van der Waals surface area contributed by atoms with Crippen LogP contribution in [0.15, 0.2) is 51.6 Å². The fourth-order valence-corrected chi connectivity index (χ4v) is 5.88. The van der Waals surface area contributed by atoms with Gasteiger partial charge in [-0.05, 0) is 63.6 Å². The molecule has 1 saturated heterocycles. The van der Waals surface area contributed by atoms with Gasteiger partial charge >= 0.3 is 11.9 Å². The number of likely N-dealkylation sites (tertiary alicyclic amines) is 1. The third-order valence-corrected chi connectivity index (χ3v) is 7.62. The van der Waals surface area contributed by atoms with E-state index in [0.29, 0.717) is 47.6 Å². The van der Waals surface area contributed by atoms with Crippen molar-refractivity contribution >= 4 is 46.4 Å². The number of fused-ring (bicyclic) bond motifs is 1. The summed E-state index contributed by atoms with van der Waals surface area (Å²) < 4.78 is 10.8. The zero-order chi connectivity index (χ0) is 26.7. The highest BCUT2D eigenvalue weighted by molar-refractivity contribution is 8.16. The first-order valence-electron chi connectivity index (χ1n) is 12.5. The molecule has 1 aromatic rings. The number of carbonyl (C=O) groups excluding carboxylic acids is 3. The highest BCUT2D eigenvalue weighted by atomic mass is 35.5. The van der Waals surface area contributed by atoms with Crippen LogP contribution >= 0.6 is 23.4 Å². The number of amidine groups is 1. The van der Waals surface area contributed by atoms with Gasteiger partial charge in [0, 0.05) is 23.8 Å². The minimum atomic E-state index is -0.515. The lowest BCUT2D eigenvalue weighted by Crippen LogP contribution is -2.44. The molecule has 1 aromatic carbocycles. The molecular weight excluding hydrogens is 514 g/mol. The molecule has 3 heterocycles. The Balaban J connectivity index is 1.60. The van der Waals surface area contributed by atoms with Crippen molar-refractivity contribution in [2.75, 3.05) is 19.7 Å². The summed E-state index contributed by atoms with van der Waals surface area (Å²) >= 11 is 7.58. The second-order valence-electron chi connectivity index (χ2n) is 9.51. The summed E-state index contributed by atoms with van der Waals surface area (Å²) in [7, 11) is 0. The maximum Gasteiger partial charge on any atom is 0.338 e. The lowest BCUT2D eigenvalue weighted by atomic mass is 9.93. The first-order chi connectivity index (χ1) is 17.7. The number of halogens is 1. The van der Waals surface area contributed by atoms with Crippen molar-refractivity contribution in [1.82, 2.24) is 9.80 Å². The van der Waals surface area contributed by atoms with Gasteiger partial charge in [-0.3, -0.25) is 9.59 Å². The van der Waals surface area contributed by atoms with E-state index in [0.717, 1.165) is 17.7 Å². The first kappa shape index (κ1) is 27.3. The minimum absolute atomic E-state index is 0.0745. The summed E-state index contributed by atoms with van der Waals surface area (Å²) in [6.07, 6.45) is 1.30. The van der Waals surface area contributed by atoms with E-state index in [1.54, 1.807) is 44.7 Å². The van der Waals surface area contributed by atoms with Crippen molar-refractivity contribution in [2.45, 2.75) is 59.1 Å². The smallest absolute Gasteiger partial charge is 0.338 e. The Kier molecular flexibility index (Phi) is 8.64. The van der Waals surface area contributed by atoms with Crippen molar-refractivity contribution in [2.24, 2.45) is 10.9 Å². The third-order valence-electron chi connectivity index (χ3n) is 6.48. The van der Waals surface area contributed by atoms with Gasteiger partial charge in [-0.25, -0.2) is 9.79 Å². The van der Waals surface area contributed by atoms with Crippen LogP contribution in [0.3, 0.4) is 0 Å². The number of hydrogen-bond donors (Lipinski definition) is 0.